The molecule has 1 aromatic heterocycles. The van der Waals surface area contributed by atoms with Crippen LogP contribution in [0.1, 0.15) is 44.8 Å². The highest BCUT2D eigenvalue weighted by atomic mass is 16.6. The summed E-state index contributed by atoms with van der Waals surface area (Å²) in [7, 11) is 0. The molecular weight excluding hydrogens is 362 g/mol. The van der Waals surface area contributed by atoms with Crippen molar-refractivity contribution >= 4 is 5.82 Å². The summed E-state index contributed by atoms with van der Waals surface area (Å²) in [6.45, 7) is 0.419. The van der Waals surface area contributed by atoms with Gasteiger partial charge in [0.15, 0.2) is 6.23 Å². The topological polar surface area (TPSA) is 117 Å². The molecule has 4 unspecified atom stereocenters. The van der Waals surface area contributed by atoms with Crippen LogP contribution in [0.2, 0.25) is 0 Å². The number of aliphatic hydroxyl groups excluding tert-OH is 3. The van der Waals surface area contributed by atoms with E-state index < -0.39 is 36.8 Å². The molecule has 0 radical (unpaired) electrons. The smallest absolute Gasteiger partial charge is 0.351 e. The Bertz CT molecular complexity index is 761. The molecule has 1 aromatic rings. The largest absolute Gasteiger partial charge is 0.394 e. The fourth-order valence-corrected chi connectivity index (χ4v) is 6.60. The zero-order valence-electron chi connectivity index (χ0n) is 15.9. The van der Waals surface area contributed by atoms with Crippen molar-refractivity contribution in [3.8, 4) is 0 Å². The molecule has 8 heteroatoms. The molecule has 1 saturated heterocycles. The van der Waals surface area contributed by atoms with Crippen LogP contribution in [0.4, 0.5) is 5.82 Å². The molecule has 6 rings (SSSR count). The minimum absolute atomic E-state index is 0.342. The number of nitrogens with zero attached hydrogens (tertiary/aromatic N) is 2. The van der Waals surface area contributed by atoms with E-state index in [-0.39, 0.29) is 0 Å². The summed E-state index contributed by atoms with van der Waals surface area (Å²) in [5.41, 5.74) is -0.209. The second-order valence-corrected chi connectivity index (χ2v) is 9.50. The normalized spacial score (nSPS) is 44.2. The number of anilines is 1. The van der Waals surface area contributed by atoms with Crippen LogP contribution in [-0.2, 0) is 4.74 Å². The fourth-order valence-electron chi connectivity index (χ4n) is 6.60. The third-order valence-electron chi connectivity index (χ3n) is 7.43. The lowest BCUT2D eigenvalue weighted by Gasteiger charge is -2.57. The molecule has 5 aliphatic rings. The van der Waals surface area contributed by atoms with Gasteiger partial charge in [-0.3, -0.25) is 4.57 Å². The first kappa shape index (κ1) is 18.5. The lowest BCUT2D eigenvalue weighted by atomic mass is 9.49. The predicted molar refractivity (Wildman–Crippen MR) is 101 cm³/mol. The van der Waals surface area contributed by atoms with E-state index in [4.69, 9.17) is 4.74 Å². The minimum Gasteiger partial charge on any atom is -0.394 e. The molecule has 5 fully saturated rings. The molecular formula is C20H29N3O5. The van der Waals surface area contributed by atoms with E-state index in [1.165, 1.54) is 49.3 Å². The minimum atomic E-state index is -1.29. The first-order chi connectivity index (χ1) is 13.5. The van der Waals surface area contributed by atoms with Gasteiger partial charge in [-0.05, 0) is 67.8 Å². The molecule has 4 bridgehead atoms. The van der Waals surface area contributed by atoms with Gasteiger partial charge < -0.3 is 25.4 Å². The molecule has 4 saturated carbocycles. The Morgan fingerprint density at radius 2 is 1.79 bits per heavy atom. The zero-order valence-corrected chi connectivity index (χ0v) is 15.9. The molecule has 4 N–H and O–H groups in total. The molecule has 28 heavy (non-hydrogen) atoms. The molecule has 2 heterocycles. The molecule has 0 spiro atoms. The van der Waals surface area contributed by atoms with Crippen molar-refractivity contribution in [3.05, 3.63) is 22.7 Å². The van der Waals surface area contributed by atoms with Crippen molar-refractivity contribution < 1.29 is 20.1 Å². The van der Waals surface area contributed by atoms with Gasteiger partial charge in [-0.25, -0.2) is 4.79 Å². The van der Waals surface area contributed by atoms with E-state index in [1.54, 1.807) is 6.07 Å². The average molecular weight is 391 g/mol. The summed E-state index contributed by atoms with van der Waals surface area (Å²) < 4.78 is 6.59. The van der Waals surface area contributed by atoms with E-state index in [0.29, 0.717) is 11.2 Å². The quantitative estimate of drug-likeness (QED) is 0.577. The molecule has 0 aromatic carbocycles. The van der Waals surface area contributed by atoms with Crippen molar-refractivity contribution in [2.45, 2.75) is 63.1 Å². The summed E-state index contributed by atoms with van der Waals surface area (Å²) in [6.07, 6.45) is 5.08. The predicted octanol–water partition coefficient (Wildman–Crippen LogP) is 0.483. The Hall–Kier alpha value is -1.48. The summed E-state index contributed by atoms with van der Waals surface area (Å²) in [5.74, 6) is 3.16. The van der Waals surface area contributed by atoms with Gasteiger partial charge in [0.1, 0.15) is 24.1 Å². The van der Waals surface area contributed by atoms with Crippen LogP contribution in [0, 0.1) is 23.2 Å². The summed E-state index contributed by atoms with van der Waals surface area (Å²) in [6, 6.07) is 1.71. The van der Waals surface area contributed by atoms with Gasteiger partial charge in [0.2, 0.25) is 0 Å². The molecule has 4 aliphatic carbocycles. The fraction of sp³-hybridized carbons (Fsp3) is 0.800. The second-order valence-electron chi connectivity index (χ2n) is 9.50. The van der Waals surface area contributed by atoms with Crippen LogP contribution in [0.15, 0.2) is 17.1 Å². The van der Waals surface area contributed by atoms with Crippen LogP contribution in [0.3, 0.4) is 0 Å². The Morgan fingerprint density at radius 3 is 2.32 bits per heavy atom. The van der Waals surface area contributed by atoms with E-state index in [9.17, 15) is 20.1 Å². The number of hydrogen-bond acceptors (Lipinski definition) is 7. The van der Waals surface area contributed by atoms with Crippen LogP contribution in [0.25, 0.3) is 0 Å². The average Bonchev–Trinajstić information content (AvgIpc) is 2.94. The maximum atomic E-state index is 12.5. The van der Waals surface area contributed by atoms with Crippen LogP contribution >= 0.6 is 0 Å². The first-order valence-corrected chi connectivity index (χ1v) is 10.4. The molecule has 0 amide bonds. The van der Waals surface area contributed by atoms with Crippen LogP contribution in [-0.4, -0.2) is 56.3 Å². The number of nitrogens with one attached hydrogen (secondary N) is 1. The highest BCUT2D eigenvalue weighted by molar-refractivity contribution is 5.32. The second kappa shape index (κ2) is 6.79. The van der Waals surface area contributed by atoms with Gasteiger partial charge in [-0.1, -0.05) is 0 Å². The van der Waals surface area contributed by atoms with Gasteiger partial charge in [0.05, 0.1) is 6.61 Å². The van der Waals surface area contributed by atoms with Gasteiger partial charge in [-0.15, -0.1) is 0 Å². The molecule has 8 nitrogen and oxygen atoms in total. The Kier molecular flexibility index (Phi) is 4.50. The van der Waals surface area contributed by atoms with Crippen molar-refractivity contribution in [2.75, 3.05) is 18.5 Å². The molecule has 4 atom stereocenters. The number of rotatable bonds is 5. The standard InChI is InChI=1S/C20H29N3O5/c24-9-14-16(25)17(26)18(28-14)23-2-1-15(22-19(23)27)21-10-20-6-11-3-12(7-20)5-13(4-11)8-20/h1-2,11-14,16-18,24-26H,3-10H2,(H,21,22,27). The van der Waals surface area contributed by atoms with Crippen molar-refractivity contribution in [1.29, 1.82) is 0 Å². The van der Waals surface area contributed by atoms with Gasteiger partial charge in [-0.2, -0.15) is 4.98 Å². The van der Waals surface area contributed by atoms with Gasteiger partial charge in [0.25, 0.3) is 0 Å². The lowest BCUT2D eigenvalue weighted by molar-refractivity contribution is -0.0549. The summed E-state index contributed by atoms with van der Waals surface area (Å²) in [4.78, 5) is 16.6. The van der Waals surface area contributed by atoms with Crippen LogP contribution in [0.5, 0.6) is 0 Å². The lowest BCUT2D eigenvalue weighted by Crippen LogP contribution is -2.49. The maximum Gasteiger partial charge on any atom is 0.351 e. The van der Waals surface area contributed by atoms with Crippen molar-refractivity contribution in [1.82, 2.24) is 9.55 Å². The highest BCUT2D eigenvalue weighted by Crippen LogP contribution is 2.59. The van der Waals surface area contributed by atoms with E-state index in [1.807, 2.05) is 0 Å². The Labute approximate surface area is 163 Å². The van der Waals surface area contributed by atoms with Gasteiger partial charge >= 0.3 is 5.69 Å². The first-order valence-electron chi connectivity index (χ1n) is 10.4. The van der Waals surface area contributed by atoms with E-state index >= 15 is 0 Å². The Balaban J connectivity index is 1.28. The monoisotopic (exact) mass is 391 g/mol. The third-order valence-corrected chi connectivity index (χ3v) is 7.43. The number of hydrogen-bond donors (Lipinski definition) is 4. The highest BCUT2D eigenvalue weighted by Gasteiger charge is 2.50. The Morgan fingerprint density at radius 1 is 1.14 bits per heavy atom. The molecule has 1 aliphatic heterocycles. The SMILES string of the molecule is O=c1nc(NCC23CC4CC(CC(C4)C2)C3)ccn1C1OC(CO)C(O)C1O. The zero-order chi connectivity index (χ0) is 19.5. The van der Waals surface area contributed by atoms with Gasteiger partial charge in [0, 0.05) is 12.7 Å². The van der Waals surface area contributed by atoms with Crippen LogP contribution < -0.4 is 11.0 Å². The maximum absolute atomic E-state index is 12.5. The van der Waals surface area contributed by atoms with E-state index in [2.05, 4.69) is 10.3 Å². The number of ether oxygens (including phenoxy) is 1. The summed E-state index contributed by atoms with van der Waals surface area (Å²) in [5, 5.41) is 32.6. The molecule has 154 valence electrons. The summed E-state index contributed by atoms with van der Waals surface area (Å²) >= 11 is 0. The number of aromatic nitrogens is 2. The number of aliphatic hydroxyl groups is 3. The third kappa shape index (κ3) is 3.07. The van der Waals surface area contributed by atoms with E-state index in [0.717, 1.165) is 24.3 Å². The van der Waals surface area contributed by atoms with Crippen molar-refractivity contribution in [3.63, 3.8) is 0 Å². The van der Waals surface area contributed by atoms with Crippen molar-refractivity contribution in [2.24, 2.45) is 23.2 Å².